The van der Waals surface area contributed by atoms with Gasteiger partial charge in [-0.3, -0.25) is 0 Å². The number of hydrogen-bond acceptors (Lipinski definition) is 2. The summed E-state index contributed by atoms with van der Waals surface area (Å²) in [7, 11) is 0. The summed E-state index contributed by atoms with van der Waals surface area (Å²) in [5, 5.41) is 0. The van der Waals surface area contributed by atoms with Gasteiger partial charge in [-0.15, -0.1) is 0 Å². The highest BCUT2D eigenvalue weighted by molar-refractivity contribution is 5.81. The first-order chi connectivity index (χ1) is 8.15. The van der Waals surface area contributed by atoms with Crippen LogP contribution in [0.1, 0.15) is 16.9 Å². The quantitative estimate of drug-likeness (QED) is 0.686. The molecule has 1 N–H and O–H groups in total. The smallest absolute Gasteiger partial charge is 0.142 e. The molecule has 1 aromatic carbocycles. The van der Waals surface area contributed by atoms with Crippen LogP contribution in [0.25, 0.3) is 22.4 Å². The monoisotopic (exact) mass is 226 g/mol. The van der Waals surface area contributed by atoms with E-state index in [1.165, 1.54) is 11.1 Å². The summed E-state index contributed by atoms with van der Waals surface area (Å²) in [5.74, 6) is 1.76. The van der Waals surface area contributed by atoms with Gasteiger partial charge in [-0.05, 0) is 50.1 Å². The van der Waals surface area contributed by atoms with E-state index in [4.69, 9.17) is 4.42 Å². The zero-order valence-corrected chi connectivity index (χ0v) is 10.2. The molecule has 3 nitrogen and oxygen atoms in total. The molecule has 0 spiro atoms. The van der Waals surface area contributed by atoms with Gasteiger partial charge in [0.2, 0.25) is 0 Å². The van der Waals surface area contributed by atoms with Crippen LogP contribution in [0.2, 0.25) is 0 Å². The number of aromatic amines is 1. The second kappa shape index (κ2) is 3.48. The van der Waals surface area contributed by atoms with Crippen LogP contribution in [0.5, 0.6) is 0 Å². The lowest BCUT2D eigenvalue weighted by Gasteiger charge is -1.97. The summed E-state index contributed by atoms with van der Waals surface area (Å²) >= 11 is 0. The van der Waals surface area contributed by atoms with Crippen molar-refractivity contribution < 1.29 is 4.42 Å². The van der Waals surface area contributed by atoms with E-state index in [2.05, 4.69) is 35.9 Å². The summed E-state index contributed by atoms with van der Waals surface area (Å²) in [6.45, 7) is 6.16. The van der Waals surface area contributed by atoms with Crippen LogP contribution in [0, 0.1) is 20.8 Å². The van der Waals surface area contributed by atoms with E-state index in [9.17, 15) is 0 Å². The highest BCUT2D eigenvalue weighted by Crippen LogP contribution is 2.25. The lowest BCUT2D eigenvalue weighted by molar-refractivity contribution is 0.535. The molecule has 0 saturated carbocycles. The van der Waals surface area contributed by atoms with Crippen molar-refractivity contribution in [3.63, 3.8) is 0 Å². The summed E-state index contributed by atoms with van der Waals surface area (Å²) in [6, 6.07) is 6.18. The average Bonchev–Trinajstić information content (AvgIpc) is 2.85. The van der Waals surface area contributed by atoms with E-state index in [-0.39, 0.29) is 0 Å². The first-order valence-electron chi connectivity index (χ1n) is 5.66. The number of furan rings is 1. The molecule has 0 bridgehead atoms. The van der Waals surface area contributed by atoms with E-state index in [0.29, 0.717) is 0 Å². The summed E-state index contributed by atoms with van der Waals surface area (Å²) in [4.78, 5) is 7.94. The fraction of sp³-hybridized carbons (Fsp3) is 0.214. The predicted octanol–water partition coefficient (Wildman–Crippen LogP) is 3.75. The van der Waals surface area contributed by atoms with Crippen LogP contribution in [-0.2, 0) is 0 Å². The molecular formula is C14H14N2O. The third-order valence-corrected chi connectivity index (χ3v) is 3.21. The van der Waals surface area contributed by atoms with E-state index in [1.54, 1.807) is 6.26 Å². The maximum absolute atomic E-state index is 5.30. The average molecular weight is 226 g/mol. The van der Waals surface area contributed by atoms with Crippen LogP contribution >= 0.6 is 0 Å². The van der Waals surface area contributed by atoms with Gasteiger partial charge >= 0.3 is 0 Å². The number of imidazole rings is 1. The van der Waals surface area contributed by atoms with Gasteiger partial charge in [0.1, 0.15) is 11.6 Å². The van der Waals surface area contributed by atoms with Crippen molar-refractivity contribution in [1.29, 1.82) is 0 Å². The zero-order chi connectivity index (χ0) is 12.0. The van der Waals surface area contributed by atoms with Crippen LogP contribution in [0.15, 0.2) is 28.9 Å². The van der Waals surface area contributed by atoms with Crippen LogP contribution in [-0.4, -0.2) is 9.97 Å². The minimum absolute atomic E-state index is 0.872. The van der Waals surface area contributed by atoms with Gasteiger partial charge in [0, 0.05) is 0 Å². The van der Waals surface area contributed by atoms with E-state index >= 15 is 0 Å². The Labute approximate surface area is 99.5 Å². The number of fused-ring (bicyclic) bond motifs is 1. The van der Waals surface area contributed by atoms with Gasteiger partial charge in [-0.2, -0.15) is 0 Å². The van der Waals surface area contributed by atoms with Crippen molar-refractivity contribution in [2.24, 2.45) is 0 Å². The summed E-state index contributed by atoms with van der Waals surface area (Å²) in [5.41, 5.74) is 5.64. The Balaban J connectivity index is 2.24. The Kier molecular flexibility index (Phi) is 2.08. The third kappa shape index (κ3) is 1.55. The molecule has 0 unspecified atom stereocenters. The van der Waals surface area contributed by atoms with Gasteiger partial charge in [0.25, 0.3) is 0 Å². The Morgan fingerprint density at radius 3 is 2.59 bits per heavy atom. The number of H-pyrrole nitrogens is 1. The Morgan fingerprint density at radius 2 is 1.88 bits per heavy atom. The molecular weight excluding hydrogens is 212 g/mol. The van der Waals surface area contributed by atoms with Crippen molar-refractivity contribution in [1.82, 2.24) is 9.97 Å². The molecule has 3 aromatic rings. The number of aryl methyl sites for hydroxylation is 3. The maximum Gasteiger partial charge on any atom is 0.142 e. The molecule has 2 aromatic heterocycles. The van der Waals surface area contributed by atoms with E-state index in [1.807, 2.05) is 13.0 Å². The van der Waals surface area contributed by atoms with Crippen LogP contribution < -0.4 is 0 Å². The topological polar surface area (TPSA) is 41.8 Å². The Morgan fingerprint density at radius 1 is 1.12 bits per heavy atom. The zero-order valence-electron chi connectivity index (χ0n) is 10.2. The van der Waals surface area contributed by atoms with E-state index in [0.717, 1.165) is 28.2 Å². The highest BCUT2D eigenvalue weighted by Gasteiger charge is 2.10. The fourth-order valence-electron chi connectivity index (χ4n) is 2.03. The SMILES string of the molecule is Cc1cc2nc(-c3ccoc3C)[nH]c2cc1C. The van der Waals surface area contributed by atoms with Crippen molar-refractivity contribution in [3.05, 3.63) is 41.3 Å². The molecule has 2 heterocycles. The molecule has 0 fully saturated rings. The molecule has 0 aliphatic heterocycles. The molecule has 86 valence electrons. The number of nitrogens with one attached hydrogen (secondary N) is 1. The van der Waals surface area contributed by atoms with Crippen LogP contribution in [0.4, 0.5) is 0 Å². The second-order valence-electron chi connectivity index (χ2n) is 4.43. The van der Waals surface area contributed by atoms with Crippen molar-refractivity contribution in [2.45, 2.75) is 20.8 Å². The normalized spacial score (nSPS) is 11.2. The predicted molar refractivity (Wildman–Crippen MR) is 68.0 cm³/mol. The number of benzene rings is 1. The standard InChI is InChI=1S/C14H14N2O/c1-8-6-12-13(7-9(8)2)16-14(15-12)11-4-5-17-10(11)3/h4-7H,1-3H3,(H,15,16). The molecule has 0 saturated heterocycles. The number of aromatic nitrogens is 2. The molecule has 0 aliphatic rings. The lowest BCUT2D eigenvalue weighted by atomic mass is 10.1. The van der Waals surface area contributed by atoms with Gasteiger partial charge in [-0.1, -0.05) is 0 Å². The molecule has 3 heteroatoms. The molecule has 0 atom stereocenters. The van der Waals surface area contributed by atoms with Crippen molar-refractivity contribution >= 4 is 11.0 Å². The van der Waals surface area contributed by atoms with Gasteiger partial charge < -0.3 is 9.40 Å². The summed E-state index contributed by atoms with van der Waals surface area (Å²) in [6.07, 6.45) is 1.69. The largest absolute Gasteiger partial charge is 0.469 e. The number of rotatable bonds is 1. The van der Waals surface area contributed by atoms with Crippen LogP contribution in [0.3, 0.4) is 0 Å². The van der Waals surface area contributed by atoms with E-state index < -0.39 is 0 Å². The first-order valence-corrected chi connectivity index (χ1v) is 5.66. The Bertz CT molecular complexity index is 652. The first kappa shape index (κ1) is 10.1. The lowest BCUT2D eigenvalue weighted by Crippen LogP contribution is -1.79. The third-order valence-electron chi connectivity index (χ3n) is 3.21. The minimum atomic E-state index is 0.872. The molecule has 0 radical (unpaired) electrons. The minimum Gasteiger partial charge on any atom is -0.469 e. The molecule has 0 aliphatic carbocycles. The highest BCUT2D eigenvalue weighted by atomic mass is 16.3. The van der Waals surface area contributed by atoms with Gasteiger partial charge in [0.15, 0.2) is 0 Å². The van der Waals surface area contributed by atoms with Crippen molar-refractivity contribution in [3.8, 4) is 11.4 Å². The molecule has 3 rings (SSSR count). The summed E-state index contributed by atoms with van der Waals surface area (Å²) < 4.78 is 5.30. The maximum atomic E-state index is 5.30. The Hall–Kier alpha value is -2.03. The number of hydrogen-bond donors (Lipinski definition) is 1. The molecule has 0 amide bonds. The second-order valence-corrected chi connectivity index (χ2v) is 4.43. The fourth-order valence-corrected chi connectivity index (χ4v) is 2.03. The van der Waals surface area contributed by atoms with Gasteiger partial charge in [-0.25, -0.2) is 4.98 Å². The van der Waals surface area contributed by atoms with Crippen molar-refractivity contribution in [2.75, 3.05) is 0 Å². The molecule has 17 heavy (non-hydrogen) atoms. The van der Waals surface area contributed by atoms with Gasteiger partial charge in [0.05, 0.1) is 22.9 Å². The number of nitrogens with zero attached hydrogens (tertiary/aromatic N) is 1.